The molecular weight excluding hydrogens is 248 g/mol. The molecule has 1 aliphatic carbocycles. The summed E-state index contributed by atoms with van der Waals surface area (Å²) in [7, 11) is 0. The molecular formula is C14H23ClN2O. The molecule has 1 aliphatic rings. The third kappa shape index (κ3) is 2.72. The van der Waals surface area contributed by atoms with Crippen LogP contribution in [0.1, 0.15) is 58.3 Å². The number of halogens is 1. The first-order valence-electron chi connectivity index (χ1n) is 6.84. The number of hydrogen-bond donors (Lipinski definition) is 1. The summed E-state index contributed by atoms with van der Waals surface area (Å²) in [5.41, 5.74) is 1.22. The Morgan fingerprint density at radius 1 is 1.50 bits per heavy atom. The van der Waals surface area contributed by atoms with Crippen LogP contribution >= 0.6 is 11.6 Å². The molecule has 1 heterocycles. The zero-order valence-electron chi connectivity index (χ0n) is 11.5. The van der Waals surface area contributed by atoms with Gasteiger partial charge in [-0.05, 0) is 43.9 Å². The van der Waals surface area contributed by atoms with Gasteiger partial charge in [0.05, 0.1) is 23.0 Å². The van der Waals surface area contributed by atoms with Crippen molar-refractivity contribution in [3.8, 4) is 0 Å². The number of aromatic nitrogens is 2. The van der Waals surface area contributed by atoms with Crippen LogP contribution < -0.4 is 0 Å². The van der Waals surface area contributed by atoms with E-state index in [4.69, 9.17) is 11.6 Å². The van der Waals surface area contributed by atoms with Crippen molar-refractivity contribution in [2.75, 3.05) is 0 Å². The number of hydrogen-bond acceptors (Lipinski definition) is 2. The highest BCUT2D eigenvalue weighted by Gasteiger charge is 2.33. The predicted octanol–water partition coefficient (Wildman–Crippen LogP) is 3.81. The number of rotatable bonds is 3. The van der Waals surface area contributed by atoms with Gasteiger partial charge in [0.25, 0.3) is 0 Å². The van der Waals surface area contributed by atoms with E-state index in [0.29, 0.717) is 16.4 Å². The fraction of sp³-hybridized carbons (Fsp3) is 0.786. The fourth-order valence-electron chi connectivity index (χ4n) is 2.88. The van der Waals surface area contributed by atoms with E-state index in [-0.39, 0.29) is 0 Å². The van der Waals surface area contributed by atoms with E-state index in [2.05, 4.69) is 18.9 Å². The fourth-order valence-corrected chi connectivity index (χ4v) is 3.13. The van der Waals surface area contributed by atoms with Crippen molar-refractivity contribution in [3.63, 3.8) is 0 Å². The van der Waals surface area contributed by atoms with Gasteiger partial charge in [0.15, 0.2) is 0 Å². The lowest BCUT2D eigenvalue weighted by Crippen LogP contribution is -2.26. The molecule has 1 fully saturated rings. The smallest absolute Gasteiger partial charge is 0.0999 e. The summed E-state index contributed by atoms with van der Waals surface area (Å²) in [4.78, 5) is 0. The lowest BCUT2D eigenvalue weighted by Gasteiger charge is -2.36. The molecule has 102 valence electrons. The second-order valence-electron chi connectivity index (χ2n) is 6.14. The molecule has 1 saturated carbocycles. The minimum Gasteiger partial charge on any atom is -0.386 e. The largest absolute Gasteiger partial charge is 0.386 e. The highest BCUT2D eigenvalue weighted by molar-refractivity contribution is 6.31. The van der Waals surface area contributed by atoms with E-state index >= 15 is 0 Å². The van der Waals surface area contributed by atoms with Gasteiger partial charge in [0.2, 0.25) is 0 Å². The summed E-state index contributed by atoms with van der Waals surface area (Å²) in [6.07, 6.45) is 5.64. The monoisotopic (exact) mass is 270 g/mol. The van der Waals surface area contributed by atoms with Crippen molar-refractivity contribution in [2.24, 2.45) is 11.3 Å². The summed E-state index contributed by atoms with van der Waals surface area (Å²) < 4.78 is 1.81. The van der Waals surface area contributed by atoms with Crippen molar-refractivity contribution < 1.29 is 5.11 Å². The van der Waals surface area contributed by atoms with Gasteiger partial charge in [-0.2, -0.15) is 5.10 Å². The van der Waals surface area contributed by atoms with Gasteiger partial charge >= 0.3 is 0 Å². The van der Waals surface area contributed by atoms with Crippen molar-refractivity contribution in [3.05, 3.63) is 16.9 Å². The summed E-state index contributed by atoms with van der Waals surface area (Å²) >= 11 is 6.15. The standard InChI is InChI=1S/C14H23ClN2O/c1-4-17-12(11(15)9-16-17)13(18)10-5-7-14(2,3)8-6-10/h9-10,13,18H,4-8H2,1-3H3. The molecule has 3 nitrogen and oxygen atoms in total. The number of aliphatic hydroxyl groups excluding tert-OH is 1. The average molecular weight is 271 g/mol. The van der Waals surface area contributed by atoms with Crippen molar-refractivity contribution in [2.45, 2.75) is 59.1 Å². The first-order valence-corrected chi connectivity index (χ1v) is 7.21. The Morgan fingerprint density at radius 3 is 2.67 bits per heavy atom. The summed E-state index contributed by atoms with van der Waals surface area (Å²) in [5.74, 6) is 0.317. The van der Waals surface area contributed by atoms with Gasteiger partial charge in [-0.25, -0.2) is 0 Å². The Balaban J connectivity index is 2.12. The summed E-state index contributed by atoms with van der Waals surface area (Å²) in [6, 6.07) is 0. The molecule has 18 heavy (non-hydrogen) atoms. The lowest BCUT2D eigenvalue weighted by molar-refractivity contribution is 0.0507. The molecule has 0 amide bonds. The van der Waals surface area contributed by atoms with Crippen LogP contribution in [-0.2, 0) is 6.54 Å². The van der Waals surface area contributed by atoms with Crippen LogP contribution in [0, 0.1) is 11.3 Å². The molecule has 1 unspecified atom stereocenters. The average Bonchev–Trinajstić information content (AvgIpc) is 2.69. The number of aliphatic hydroxyl groups is 1. The SMILES string of the molecule is CCn1ncc(Cl)c1C(O)C1CCC(C)(C)CC1. The topological polar surface area (TPSA) is 38.0 Å². The Hall–Kier alpha value is -0.540. The highest BCUT2D eigenvalue weighted by Crippen LogP contribution is 2.43. The minimum absolute atomic E-state index is 0.317. The van der Waals surface area contributed by atoms with E-state index in [0.717, 1.165) is 25.1 Å². The predicted molar refractivity (Wildman–Crippen MR) is 73.6 cm³/mol. The lowest BCUT2D eigenvalue weighted by atomic mass is 9.71. The zero-order chi connectivity index (χ0) is 13.3. The van der Waals surface area contributed by atoms with Crippen LogP contribution in [0.4, 0.5) is 0 Å². The van der Waals surface area contributed by atoms with Crippen LogP contribution in [0.2, 0.25) is 5.02 Å². The third-order valence-corrected chi connectivity index (χ3v) is 4.53. The van der Waals surface area contributed by atoms with Crippen molar-refractivity contribution in [1.29, 1.82) is 0 Å². The molecule has 0 spiro atoms. The maximum atomic E-state index is 10.6. The third-order valence-electron chi connectivity index (χ3n) is 4.24. The van der Waals surface area contributed by atoms with E-state index in [9.17, 15) is 5.11 Å². The molecule has 0 bridgehead atoms. The highest BCUT2D eigenvalue weighted by atomic mass is 35.5. The maximum absolute atomic E-state index is 10.6. The molecule has 1 N–H and O–H groups in total. The van der Waals surface area contributed by atoms with Crippen LogP contribution in [-0.4, -0.2) is 14.9 Å². The molecule has 0 aliphatic heterocycles. The second-order valence-corrected chi connectivity index (χ2v) is 6.55. The van der Waals surface area contributed by atoms with Crippen molar-refractivity contribution in [1.82, 2.24) is 9.78 Å². The van der Waals surface area contributed by atoms with Crippen LogP contribution in [0.3, 0.4) is 0 Å². The quantitative estimate of drug-likeness (QED) is 0.907. The molecule has 2 rings (SSSR count). The first kappa shape index (κ1) is 13.9. The molecule has 1 atom stereocenters. The van der Waals surface area contributed by atoms with E-state index in [1.54, 1.807) is 6.20 Å². The van der Waals surface area contributed by atoms with Crippen LogP contribution in [0.25, 0.3) is 0 Å². The van der Waals surface area contributed by atoms with Gasteiger partial charge in [0.1, 0.15) is 0 Å². The van der Waals surface area contributed by atoms with E-state index < -0.39 is 6.10 Å². The van der Waals surface area contributed by atoms with Gasteiger partial charge in [0, 0.05) is 6.54 Å². The molecule has 0 aromatic carbocycles. The van der Waals surface area contributed by atoms with Gasteiger partial charge < -0.3 is 5.11 Å². The molecule has 1 aromatic rings. The molecule has 1 aromatic heterocycles. The zero-order valence-corrected chi connectivity index (χ0v) is 12.2. The van der Waals surface area contributed by atoms with Crippen LogP contribution in [0.15, 0.2) is 6.20 Å². The van der Waals surface area contributed by atoms with Crippen LogP contribution in [0.5, 0.6) is 0 Å². The van der Waals surface area contributed by atoms with Gasteiger partial charge in [-0.15, -0.1) is 0 Å². The first-order chi connectivity index (χ1) is 8.44. The van der Waals surface area contributed by atoms with Gasteiger partial charge in [-0.3, -0.25) is 4.68 Å². The molecule has 0 radical (unpaired) electrons. The maximum Gasteiger partial charge on any atom is 0.0999 e. The second kappa shape index (κ2) is 5.22. The van der Waals surface area contributed by atoms with E-state index in [1.807, 2.05) is 11.6 Å². The normalized spacial score (nSPS) is 22.1. The van der Waals surface area contributed by atoms with E-state index in [1.165, 1.54) is 12.8 Å². The molecule has 4 heteroatoms. The summed E-state index contributed by atoms with van der Waals surface area (Å²) in [5, 5.41) is 15.3. The number of nitrogens with zero attached hydrogens (tertiary/aromatic N) is 2. The van der Waals surface area contributed by atoms with Crippen molar-refractivity contribution >= 4 is 11.6 Å². The molecule has 0 saturated heterocycles. The minimum atomic E-state index is -0.476. The summed E-state index contributed by atoms with van der Waals surface area (Å²) in [6.45, 7) is 7.37. The Morgan fingerprint density at radius 2 is 2.11 bits per heavy atom. The Labute approximate surface area is 114 Å². The van der Waals surface area contributed by atoms with Gasteiger partial charge in [-0.1, -0.05) is 25.4 Å². The Bertz CT molecular complexity index is 404. The number of aryl methyl sites for hydroxylation is 1. The Kier molecular flexibility index (Phi) is 4.02.